The fourth-order valence-corrected chi connectivity index (χ4v) is 1.97. The molecule has 0 aromatic carbocycles. The maximum Gasteiger partial charge on any atom is 0.441 e. The van der Waals surface area contributed by atoms with Crippen LogP contribution < -0.4 is 5.32 Å². The van der Waals surface area contributed by atoms with Gasteiger partial charge in [-0.15, -0.1) is 0 Å². The van der Waals surface area contributed by atoms with Crippen molar-refractivity contribution in [3.63, 3.8) is 0 Å². The SMILES string of the molecule is FC(F)(F)SCCNc1nccn2nc(C(F)(F)F)cc12. The van der Waals surface area contributed by atoms with E-state index >= 15 is 0 Å². The van der Waals surface area contributed by atoms with Gasteiger partial charge in [-0.1, -0.05) is 0 Å². The van der Waals surface area contributed by atoms with Crippen molar-refractivity contribution in [1.29, 1.82) is 0 Å². The van der Waals surface area contributed by atoms with Gasteiger partial charge in [0.2, 0.25) is 0 Å². The van der Waals surface area contributed by atoms with E-state index in [0.29, 0.717) is 0 Å². The Balaban J connectivity index is 2.11. The lowest BCUT2D eigenvalue weighted by Gasteiger charge is -2.08. The summed E-state index contributed by atoms with van der Waals surface area (Å²) < 4.78 is 74.5. The van der Waals surface area contributed by atoms with Gasteiger partial charge in [-0.3, -0.25) is 0 Å². The predicted molar refractivity (Wildman–Crippen MR) is 65.0 cm³/mol. The number of alkyl halides is 6. The molecule has 4 nitrogen and oxygen atoms in total. The average molecular weight is 330 g/mol. The maximum absolute atomic E-state index is 12.6. The van der Waals surface area contributed by atoms with Crippen molar-refractivity contribution >= 4 is 23.1 Å². The number of hydrogen-bond acceptors (Lipinski definition) is 4. The van der Waals surface area contributed by atoms with Gasteiger partial charge in [-0.05, 0) is 11.8 Å². The number of fused-ring (bicyclic) bond motifs is 1. The van der Waals surface area contributed by atoms with E-state index in [1.807, 2.05) is 0 Å². The Bertz CT molecular complexity index is 620. The zero-order valence-electron chi connectivity index (χ0n) is 10.2. The molecule has 0 fully saturated rings. The molecule has 0 aliphatic rings. The molecule has 0 amide bonds. The molecule has 0 unspecified atom stereocenters. The lowest BCUT2D eigenvalue weighted by Crippen LogP contribution is -2.11. The quantitative estimate of drug-likeness (QED) is 0.689. The van der Waals surface area contributed by atoms with Crippen LogP contribution >= 0.6 is 11.8 Å². The molecule has 116 valence electrons. The number of halogens is 6. The summed E-state index contributed by atoms with van der Waals surface area (Å²) in [6, 6.07) is 0.784. The molecule has 0 atom stereocenters. The molecule has 1 N–H and O–H groups in total. The van der Waals surface area contributed by atoms with Crippen molar-refractivity contribution in [2.45, 2.75) is 11.7 Å². The smallest absolute Gasteiger partial charge is 0.367 e. The minimum Gasteiger partial charge on any atom is -0.367 e. The summed E-state index contributed by atoms with van der Waals surface area (Å²) in [6.07, 6.45) is -2.17. The van der Waals surface area contributed by atoms with Crippen LogP contribution in [0.3, 0.4) is 0 Å². The highest BCUT2D eigenvalue weighted by molar-refractivity contribution is 8.00. The van der Waals surface area contributed by atoms with Gasteiger partial charge in [-0.2, -0.15) is 31.4 Å². The Hall–Kier alpha value is -1.65. The van der Waals surface area contributed by atoms with E-state index in [2.05, 4.69) is 15.4 Å². The predicted octanol–water partition coefficient (Wildman–Crippen LogP) is 3.41. The summed E-state index contributed by atoms with van der Waals surface area (Å²) in [6.45, 7) is -0.0939. The molecular weight excluding hydrogens is 322 g/mol. The van der Waals surface area contributed by atoms with Crippen LogP contribution in [0.1, 0.15) is 5.69 Å². The molecule has 21 heavy (non-hydrogen) atoms. The topological polar surface area (TPSA) is 42.2 Å². The third-order valence-corrected chi connectivity index (χ3v) is 3.08. The van der Waals surface area contributed by atoms with Crippen molar-refractivity contribution in [3.8, 4) is 0 Å². The third kappa shape index (κ3) is 4.16. The fourth-order valence-electron chi connectivity index (χ4n) is 1.53. The minimum absolute atomic E-state index is 0.0434. The van der Waals surface area contributed by atoms with Crippen molar-refractivity contribution in [2.75, 3.05) is 17.6 Å². The first-order valence-corrected chi connectivity index (χ1v) is 6.51. The first-order valence-electron chi connectivity index (χ1n) is 5.53. The molecule has 0 bridgehead atoms. The molecule has 0 aliphatic carbocycles. The first kappa shape index (κ1) is 15.7. The van der Waals surface area contributed by atoms with Gasteiger partial charge in [0.15, 0.2) is 11.5 Å². The number of rotatable bonds is 4. The van der Waals surface area contributed by atoms with Gasteiger partial charge in [0, 0.05) is 30.8 Å². The number of anilines is 1. The average Bonchev–Trinajstić information content (AvgIpc) is 2.77. The van der Waals surface area contributed by atoms with Gasteiger partial charge in [0.1, 0.15) is 5.52 Å². The molecule has 0 spiro atoms. The summed E-state index contributed by atoms with van der Waals surface area (Å²) in [5.74, 6) is -0.241. The highest BCUT2D eigenvalue weighted by atomic mass is 32.2. The Labute approximate surface area is 118 Å². The Morgan fingerprint density at radius 1 is 1.19 bits per heavy atom. The Kier molecular flexibility index (Phi) is 4.21. The minimum atomic E-state index is -4.60. The van der Waals surface area contributed by atoms with Crippen LogP contribution in [0, 0.1) is 0 Å². The van der Waals surface area contributed by atoms with Gasteiger partial charge in [-0.25, -0.2) is 9.50 Å². The highest BCUT2D eigenvalue weighted by Gasteiger charge is 2.34. The standard InChI is InChI=1S/C10H8F6N4S/c11-9(12,13)7-5-6-8(17-1-3-20(6)19-7)18-2-4-21-10(14,15)16/h1,3,5H,2,4H2,(H,17,18). The van der Waals surface area contributed by atoms with Crippen LogP contribution in [0.25, 0.3) is 5.52 Å². The van der Waals surface area contributed by atoms with Gasteiger partial charge < -0.3 is 5.32 Å². The third-order valence-electron chi connectivity index (χ3n) is 2.34. The molecule has 0 saturated carbocycles. The lowest BCUT2D eigenvalue weighted by atomic mass is 10.3. The summed E-state index contributed by atoms with van der Waals surface area (Å²) in [5, 5.41) is 5.90. The van der Waals surface area contributed by atoms with Crippen molar-refractivity contribution in [2.24, 2.45) is 0 Å². The number of nitrogens with zero attached hydrogens (tertiary/aromatic N) is 3. The normalized spacial score (nSPS) is 12.9. The maximum atomic E-state index is 12.6. The summed E-state index contributed by atoms with van der Waals surface area (Å²) in [4.78, 5) is 3.81. The second-order valence-corrected chi connectivity index (χ2v) is 5.01. The molecular formula is C10H8F6N4S. The Morgan fingerprint density at radius 3 is 2.52 bits per heavy atom. The van der Waals surface area contributed by atoms with Crippen molar-refractivity contribution in [1.82, 2.24) is 14.6 Å². The second kappa shape index (κ2) is 5.62. The molecule has 0 radical (unpaired) electrons. The van der Waals surface area contributed by atoms with Crippen LogP contribution in [0.4, 0.5) is 32.2 Å². The molecule has 2 aromatic rings. The number of nitrogens with one attached hydrogen (secondary N) is 1. The van der Waals surface area contributed by atoms with Crippen LogP contribution in [-0.4, -0.2) is 32.4 Å². The zero-order valence-corrected chi connectivity index (χ0v) is 11.0. The molecule has 0 saturated heterocycles. The molecule has 2 heterocycles. The monoisotopic (exact) mass is 330 g/mol. The number of thioether (sulfide) groups is 1. The van der Waals surface area contributed by atoms with Crippen LogP contribution in [0.5, 0.6) is 0 Å². The first-order chi connectivity index (χ1) is 9.67. The largest absolute Gasteiger partial charge is 0.441 e. The van der Waals surface area contributed by atoms with Crippen molar-refractivity contribution < 1.29 is 26.3 Å². The Morgan fingerprint density at radius 2 is 1.90 bits per heavy atom. The lowest BCUT2D eigenvalue weighted by molar-refractivity contribution is -0.141. The van der Waals surface area contributed by atoms with E-state index in [1.54, 1.807) is 0 Å². The van der Waals surface area contributed by atoms with E-state index in [4.69, 9.17) is 0 Å². The van der Waals surface area contributed by atoms with E-state index < -0.39 is 17.4 Å². The molecule has 2 aromatic heterocycles. The van der Waals surface area contributed by atoms with Gasteiger partial charge >= 0.3 is 11.7 Å². The molecule has 0 aliphatic heterocycles. The fraction of sp³-hybridized carbons (Fsp3) is 0.400. The van der Waals surface area contributed by atoms with Gasteiger partial charge in [0.05, 0.1) is 0 Å². The van der Waals surface area contributed by atoms with E-state index in [1.165, 1.54) is 12.4 Å². The van der Waals surface area contributed by atoms with E-state index in [9.17, 15) is 26.3 Å². The summed E-state index contributed by atoms with van der Waals surface area (Å²) >= 11 is -0.225. The number of hydrogen-bond donors (Lipinski definition) is 1. The second-order valence-electron chi connectivity index (χ2n) is 3.85. The van der Waals surface area contributed by atoms with Crippen LogP contribution in [-0.2, 0) is 6.18 Å². The number of aromatic nitrogens is 3. The molecule has 2 rings (SSSR count). The van der Waals surface area contributed by atoms with Crippen LogP contribution in [0.2, 0.25) is 0 Å². The zero-order chi connectivity index (χ0) is 15.7. The van der Waals surface area contributed by atoms with Gasteiger partial charge in [0.25, 0.3) is 0 Å². The summed E-state index contributed by atoms with van der Waals surface area (Å²) in [7, 11) is 0. The van der Waals surface area contributed by atoms with E-state index in [0.717, 1.165) is 10.6 Å². The van der Waals surface area contributed by atoms with Crippen molar-refractivity contribution in [3.05, 3.63) is 24.2 Å². The highest BCUT2D eigenvalue weighted by Crippen LogP contribution is 2.31. The van der Waals surface area contributed by atoms with Crippen LogP contribution in [0.15, 0.2) is 18.5 Å². The van der Waals surface area contributed by atoms with E-state index in [-0.39, 0.29) is 35.4 Å². The summed E-state index contributed by atoms with van der Waals surface area (Å²) in [5.41, 5.74) is -5.40. The molecule has 11 heteroatoms.